The summed E-state index contributed by atoms with van der Waals surface area (Å²) in [6, 6.07) is 2.17. The first kappa shape index (κ1) is 18.9. The van der Waals surface area contributed by atoms with Crippen LogP contribution in [0.2, 0.25) is 0 Å². The first-order valence-electron chi connectivity index (χ1n) is 7.59. The predicted molar refractivity (Wildman–Crippen MR) is 88.0 cm³/mol. The maximum Gasteiger partial charge on any atom is 0.432 e. The standard InChI is InChI=1S/C14H15F3N4O3S2/c1-8-11(26(23,24)21-4-2-13(22)18-3-5-21)7-10(25-8)9-6-12(20-19-9)14(15,16)17/h6-7H,2-5H2,1H3,(H,18,22)(H,19,20). The molecule has 0 unspecified atom stereocenters. The summed E-state index contributed by atoms with van der Waals surface area (Å²) in [5.41, 5.74) is -0.973. The number of nitrogens with zero attached hydrogens (tertiary/aromatic N) is 2. The molecule has 142 valence electrons. The number of thiophene rings is 1. The van der Waals surface area contributed by atoms with Crippen molar-refractivity contribution in [3.63, 3.8) is 0 Å². The van der Waals surface area contributed by atoms with Crippen LogP contribution in [-0.4, -0.2) is 48.5 Å². The molecule has 0 saturated carbocycles. The third-order valence-corrected chi connectivity index (χ3v) is 7.12. The van der Waals surface area contributed by atoms with Gasteiger partial charge in [0.25, 0.3) is 0 Å². The zero-order chi connectivity index (χ0) is 19.1. The van der Waals surface area contributed by atoms with Gasteiger partial charge in [0.05, 0.1) is 9.77 Å². The second kappa shape index (κ2) is 6.67. The van der Waals surface area contributed by atoms with Crippen LogP contribution in [0.25, 0.3) is 10.6 Å². The van der Waals surface area contributed by atoms with Gasteiger partial charge in [-0.25, -0.2) is 8.42 Å². The van der Waals surface area contributed by atoms with Crippen LogP contribution in [0.15, 0.2) is 17.0 Å². The van der Waals surface area contributed by atoms with Crippen molar-refractivity contribution in [2.45, 2.75) is 24.4 Å². The van der Waals surface area contributed by atoms with Gasteiger partial charge < -0.3 is 5.32 Å². The Bertz CT molecular complexity index is 934. The number of carbonyl (C=O) groups excluding carboxylic acids is 1. The number of aromatic amines is 1. The number of hydrogen-bond donors (Lipinski definition) is 2. The van der Waals surface area contributed by atoms with Crippen LogP contribution in [0.5, 0.6) is 0 Å². The largest absolute Gasteiger partial charge is 0.432 e. The van der Waals surface area contributed by atoms with E-state index in [0.29, 0.717) is 9.75 Å². The smallest absolute Gasteiger partial charge is 0.355 e. The van der Waals surface area contributed by atoms with Crippen molar-refractivity contribution in [2.75, 3.05) is 19.6 Å². The Morgan fingerprint density at radius 1 is 1.27 bits per heavy atom. The summed E-state index contributed by atoms with van der Waals surface area (Å²) in [5, 5.41) is 8.14. The molecule has 2 aromatic heterocycles. The van der Waals surface area contributed by atoms with Crippen LogP contribution >= 0.6 is 11.3 Å². The number of sulfonamides is 1. The van der Waals surface area contributed by atoms with E-state index in [2.05, 4.69) is 10.4 Å². The van der Waals surface area contributed by atoms with E-state index >= 15 is 0 Å². The Hall–Kier alpha value is -1.92. The Balaban J connectivity index is 1.92. The molecule has 0 atom stereocenters. The SMILES string of the molecule is Cc1sc(-c2cc(C(F)(F)F)[nH]n2)cc1S(=O)(=O)N1CCNC(=O)CC1. The van der Waals surface area contributed by atoms with Crippen molar-refractivity contribution in [3.8, 4) is 10.6 Å². The van der Waals surface area contributed by atoms with Gasteiger partial charge in [-0.3, -0.25) is 9.89 Å². The number of rotatable bonds is 3. The summed E-state index contributed by atoms with van der Waals surface area (Å²) >= 11 is 1.05. The summed E-state index contributed by atoms with van der Waals surface area (Å²) in [7, 11) is -3.86. The number of carbonyl (C=O) groups is 1. The second-order valence-electron chi connectivity index (χ2n) is 5.70. The monoisotopic (exact) mass is 408 g/mol. The highest BCUT2D eigenvalue weighted by molar-refractivity contribution is 7.89. The van der Waals surface area contributed by atoms with E-state index in [-0.39, 0.29) is 42.6 Å². The van der Waals surface area contributed by atoms with Gasteiger partial charge in [0.2, 0.25) is 15.9 Å². The summed E-state index contributed by atoms with van der Waals surface area (Å²) in [6.07, 6.45) is -4.50. The molecular formula is C14H15F3N4O3S2. The van der Waals surface area contributed by atoms with E-state index in [0.717, 1.165) is 17.4 Å². The molecule has 1 aliphatic heterocycles. The first-order valence-corrected chi connectivity index (χ1v) is 9.85. The minimum atomic E-state index is -4.56. The molecule has 3 heterocycles. The second-order valence-corrected chi connectivity index (χ2v) is 8.86. The third kappa shape index (κ3) is 3.62. The first-order chi connectivity index (χ1) is 12.1. The van der Waals surface area contributed by atoms with E-state index in [1.54, 1.807) is 6.92 Å². The lowest BCUT2D eigenvalue weighted by atomic mass is 10.3. The molecule has 0 radical (unpaired) electrons. The fourth-order valence-corrected chi connectivity index (χ4v) is 5.53. The summed E-state index contributed by atoms with van der Waals surface area (Å²) in [5.74, 6) is -0.221. The molecule has 3 rings (SSSR count). The van der Waals surface area contributed by atoms with Crippen LogP contribution in [0, 0.1) is 6.92 Å². The summed E-state index contributed by atoms with van der Waals surface area (Å²) < 4.78 is 65.0. The number of amides is 1. The lowest BCUT2D eigenvalue weighted by Crippen LogP contribution is -2.34. The maximum absolute atomic E-state index is 12.9. The highest BCUT2D eigenvalue weighted by Gasteiger charge is 2.34. The van der Waals surface area contributed by atoms with Gasteiger partial charge in [0, 0.05) is 30.9 Å². The number of halogens is 3. The number of H-pyrrole nitrogens is 1. The van der Waals surface area contributed by atoms with Crippen molar-refractivity contribution < 1.29 is 26.4 Å². The van der Waals surface area contributed by atoms with Gasteiger partial charge in [-0.15, -0.1) is 11.3 Å². The third-order valence-electron chi connectivity index (χ3n) is 3.90. The van der Waals surface area contributed by atoms with E-state index in [1.165, 1.54) is 10.4 Å². The molecule has 7 nitrogen and oxygen atoms in total. The topological polar surface area (TPSA) is 95.2 Å². The van der Waals surface area contributed by atoms with E-state index < -0.39 is 21.9 Å². The van der Waals surface area contributed by atoms with Gasteiger partial charge in [0.1, 0.15) is 11.4 Å². The molecule has 2 aromatic rings. The van der Waals surface area contributed by atoms with E-state index in [4.69, 9.17) is 0 Å². The number of aromatic nitrogens is 2. The minimum absolute atomic E-state index is 0.0170. The molecular weight excluding hydrogens is 393 g/mol. The molecule has 12 heteroatoms. The number of hydrogen-bond acceptors (Lipinski definition) is 5. The average molecular weight is 408 g/mol. The van der Waals surface area contributed by atoms with Crippen LogP contribution < -0.4 is 5.32 Å². The van der Waals surface area contributed by atoms with Crippen LogP contribution in [0.1, 0.15) is 17.0 Å². The highest BCUT2D eigenvalue weighted by atomic mass is 32.2. The van der Waals surface area contributed by atoms with Crippen LogP contribution in [0.3, 0.4) is 0 Å². The van der Waals surface area contributed by atoms with Crippen molar-refractivity contribution in [3.05, 3.63) is 22.7 Å². The van der Waals surface area contributed by atoms with Crippen LogP contribution in [0.4, 0.5) is 13.2 Å². The molecule has 1 saturated heterocycles. The van der Waals surface area contributed by atoms with Crippen LogP contribution in [-0.2, 0) is 21.0 Å². The normalized spacial score (nSPS) is 17.2. The van der Waals surface area contributed by atoms with Gasteiger partial charge in [0.15, 0.2) is 0 Å². The van der Waals surface area contributed by atoms with Crippen molar-refractivity contribution >= 4 is 27.3 Å². The van der Waals surface area contributed by atoms with Gasteiger partial charge in [-0.2, -0.15) is 22.6 Å². The van der Waals surface area contributed by atoms with Gasteiger partial charge >= 0.3 is 6.18 Å². The molecule has 1 fully saturated rings. The Morgan fingerprint density at radius 3 is 2.65 bits per heavy atom. The summed E-state index contributed by atoms with van der Waals surface area (Å²) in [6.45, 7) is 1.99. The average Bonchev–Trinajstić information content (AvgIpc) is 3.11. The lowest BCUT2D eigenvalue weighted by molar-refractivity contribution is -0.141. The molecule has 0 spiro atoms. The van der Waals surface area contributed by atoms with Crippen molar-refractivity contribution in [1.82, 2.24) is 19.8 Å². The van der Waals surface area contributed by atoms with Crippen molar-refractivity contribution in [2.24, 2.45) is 0 Å². The molecule has 1 amide bonds. The number of alkyl halides is 3. The fourth-order valence-electron chi connectivity index (χ4n) is 2.57. The van der Waals surface area contributed by atoms with Gasteiger partial charge in [-0.1, -0.05) is 0 Å². The lowest BCUT2D eigenvalue weighted by Gasteiger charge is -2.18. The Kier molecular flexibility index (Phi) is 4.84. The number of nitrogens with one attached hydrogen (secondary N) is 2. The molecule has 0 aromatic carbocycles. The zero-order valence-corrected chi connectivity index (χ0v) is 15.2. The molecule has 2 N–H and O–H groups in total. The highest BCUT2D eigenvalue weighted by Crippen LogP contribution is 2.36. The predicted octanol–water partition coefficient (Wildman–Crippen LogP) is 1.98. The number of aryl methyl sites for hydroxylation is 1. The van der Waals surface area contributed by atoms with Gasteiger partial charge in [-0.05, 0) is 19.1 Å². The van der Waals surface area contributed by atoms with Crippen molar-refractivity contribution in [1.29, 1.82) is 0 Å². The fraction of sp³-hybridized carbons (Fsp3) is 0.429. The molecule has 0 bridgehead atoms. The zero-order valence-electron chi connectivity index (χ0n) is 13.6. The molecule has 0 aliphatic carbocycles. The summed E-state index contributed by atoms with van der Waals surface area (Å²) in [4.78, 5) is 12.2. The Labute approximate surface area is 151 Å². The molecule has 26 heavy (non-hydrogen) atoms. The minimum Gasteiger partial charge on any atom is -0.355 e. The Morgan fingerprint density at radius 2 is 2.00 bits per heavy atom. The maximum atomic E-state index is 12.9. The van der Waals surface area contributed by atoms with E-state index in [1.807, 2.05) is 5.10 Å². The van der Waals surface area contributed by atoms with E-state index in [9.17, 15) is 26.4 Å². The molecule has 1 aliphatic rings. The quantitative estimate of drug-likeness (QED) is 0.812.